The van der Waals surface area contributed by atoms with Crippen LogP contribution in [0.2, 0.25) is 0 Å². The monoisotopic (exact) mass is 447 g/mol. The molecule has 0 aromatic heterocycles. The average Bonchev–Trinajstić information content (AvgIpc) is 3.27. The van der Waals surface area contributed by atoms with Crippen molar-refractivity contribution in [3.63, 3.8) is 0 Å². The van der Waals surface area contributed by atoms with E-state index in [-0.39, 0.29) is 16.7 Å². The Labute approximate surface area is 191 Å². The van der Waals surface area contributed by atoms with Crippen molar-refractivity contribution >= 4 is 23.4 Å². The summed E-state index contributed by atoms with van der Waals surface area (Å²) in [5.41, 5.74) is 6.27. The summed E-state index contributed by atoms with van der Waals surface area (Å²) < 4.78 is 5.73. The molecular weight excluding hydrogens is 422 g/mol. The van der Waals surface area contributed by atoms with E-state index in [0.717, 1.165) is 39.3 Å². The molecule has 0 amide bonds. The molecule has 164 valence electrons. The molecule has 3 aromatic rings. The lowest BCUT2D eigenvalue weighted by Gasteiger charge is -2.16. The SMILES string of the molecule is CCOc1cc(C2NC(c3ccc(-c4cc(C)cc(C(=O)O)c4O)cc3)=CS2)ccc1C. The first-order valence-corrected chi connectivity index (χ1v) is 11.3. The van der Waals surface area contributed by atoms with Gasteiger partial charge < -0.3 is 20.3 Å². The molecule has 1 unspecified atom stereocenters. The molecule has 1 heterocycles. The van der Waals surface area contributed by atoms with Gasteiger partial charge in [0.05, 0.1) is 6.61 Å². The fraction of sp³-hybridized carbons (Fsp3) is 0.192. The van der Waals surface area contributed by atoms with Gasteiger partial charge in [-0.3, -0.25) is 0 Å². The summed E-state index contributed by atoms with van der Waals surface area (Å²) in [6.07, 6.45) is 0. The Kier molecular flexibility index (Phi) is 6.15. The number of aryl methyl sites for hydroxylation is 2. The highest BCUT2D eigenvalue weighted by Crippen LogP contribution is 2.40. The molecule has 0 radical (unpaired) electrons. The summed E-state index contributed by atoms with van der Waals surface area (Å²) in [5, 5.41) is 25.5. The number of carboxylic acids is 1. The molecule has 0 bridgehead atoms. The third-order valence-electron chi connectivity index (χ3n) is 5.41. The number of rotatable bonds is 6. The second kappa shape index (κ2) is 9.01. The third-order valence-corrected chi connectivity index (χ3v) is 6.45. The first-order valence-electron chi connectivity index (χ1n) is 10.4. The van der Waals surface area contributed by atoms with Crippen LogP contribution in [-0.4, -0.2) is 22.8 Å². The second-order valence-electron chi connectivity index (χ2n) is 7.74. The molecular formula is C26H25NO4S. The van der Waals surface area contributed by atoms with Gasteiger partial charge >= 0.3 is 5.97 Å². The number of nitrogens with one attached hydrogen (secondary N) is 1. The number of carbonyl (C=O) groups is 1. The minimum absolute atomic E-state index is 0.0898. The van der Waals surface area contributed by atoms with E-state index in [1.54, 1.807) is 17.8 Å². The summed E-state index contributed by atoms with van der Waals surface area (Å²) in [6, 6.07) is 17.3. The number of aromatic hydroxyl groups is 1. The molecule has 6 heteroatoms. The van der Waals surface area contributed by atoms with Crippen molar-refractivity contribution in [1.82, 2.24) is 5.32 Å². The molecule has 0 spiro atoms. The smallest absolute Gasteiger partial charge is 0.339 e. The summed E-state index contributed by atoms with van der Waals surface area (Å²) in [6.45, 7) is 6.48. The van der Waals surface area contributed by atoms with E-state index in [1.165, 1.54) is 6.07 Å². The quantitative estimate of drug-likeness (QED) is 0.423. The molecule has 0 fully saturated rings. The molecule has 32 heavy (non-hydrogen) atoms. The number of aromatic carboxylic acids is 1. The van der Waals surface area contributed by atoms with E-state index >= 15 is 0 Å². The van der Waals surface area contributed by atoms with Gasteiger partial charge in [0.25, 0.3) is 0 Å². The van der Waals surface area contributed by atoms with Crippen LogP contribution in [0.1, 0.15) is 44.9 Å². The van der Waals surface area contributed by atoms with Crippen molar-refractivity contribution in [1.29, 1.82) is 0 Å². The normalized spacial score (nSPS) is 15.2. The molecule has 3 aromatic carbocycles. The van der Waals surface area contributed by atoms with Crippen LogP contribution in [-0.2, 0) is 0 Å². The van der Waals surface area contributed by atoms with E-state index in [1.807, 2.05) is 45.0 Å². The zero-order chi connectivity index (χ0) is 22.8. The number of hydrogen-bond donors (Lipinski definition) is 3. The van der Waals surface area contributed by atoms with Gasteiger partial charge in [0.1, 0.15) is 22.4 Å². The molecule has 5 nitrogen and oxygen atoms in total. The number of hydrogen-bond acceptors (Lipinski definition) is 5. The first kappa shape index (κ1) is 21.8. The maximum atomic E-state index is 11.4. The Balaban J connectivity index is 1.54. The summed E-state index contributed by atoms with van der Waals surface area (Å²) >= 11 is 1.71. The first-order chi connectivity index (χ1) is 15.4. The molecule has 1 aliphatic rings. The van der Waals surface area contributed by atoms with Gasteiger partial charge in [0, 0.05) is 11.3 Å². The van der Waals surface area contributed by atoms with Crippen molar-refractivity contribution in [2.24, 2.45) is 0 Å². The van der Waals surface area contributed by atoms with Crippen LogP contribution in [0.5, 0.6) is 11.5 Å². The van der Waals surface area contributed by atoms with Gasteiger partial charge in [-0.2, -0.15) is 0 Å². The second-order valence-corrected chi connectivity index (χ2v) is 8.72. The zero-order valence-corrected chi connectivity index (χ0v) is 19.0. The van der Waals surface area contributed by atoms with E-state index in [2.05, 4.69) is 28.9 Å². The topological polar surface area (TPSA) is 78.8 Å². The van der Waals surface area contributed by atoms with Crippen molar-refractivity contribution in [3.05, 3.63) is 87.8 Å². The van der Waals surface area contributed by atoms with Crippen molar-refractivity contribution in [3.8, 4) is 22.6 Å². The Hall–Kier alpha value is -3.38. The van der Waals surface area contributed by atoms with Crippen LogP contribution < -0.4 is 10.1 Å². The largest absolute Gasteiger partial charge is 0.506 e. The summed E-state index contributed by atoms with van der Waals surface area (Å²) in [4.78, 5) is 11.4. The van der Waals surface area contributed by atoms with Crippen LogP contribution in [0.25, 0.3) is 16.8 Å². The summed E-state index contributed by atoms with van der Waals surface area (Å²) in [5.74, 6) is -0.450. The fourth-order valence-electron chi connectivity index (χ4n) is 3.74. The predicted octanol–water partition coefficient (Wildman–Crippen LogP) is 6.11. The standard InChI is InChI=1S/C26H25NO4S/c1-4-31-23-13-19(6-5-16(23)3)25-27-22(14-32-25)18-9-7-17(8-10-18)20-11-15(2)12-21(24(20)28)26(29)30/h5-14,25,27-28H,4H2,1-3H3,(H,29,30). The van der Waals surface area contributed by atoms with E-state index in [0.29, 0.717) is 12.2 Å². The predicted molar refractivity (Wildman–Crippen MR) is 129 cm³/mol. The van der Waals surface area contributed by atoms with E-state index in [4.69, 9.17) is 4.74 Å². The lowest BCUT2D eigenvalue weighted by Crippen LogP contribution is -2.12. The van der Waals surface area contributed by atoms with Crippen LogP contribution in [0.4, 0.5) is 0 Å². The van der Waals surface area contributed by atoms with Crippen molar-refractivity contribution in [2.45, 2.75) is 26.1 Å². The Morgan fingerprint density at radius 1 is 1.06 bits per heavy atom. The van der Waals surface area contributed by atoms with Gasteiger partial charge in [-0.15, -0.1) is 11.8 Å². The highest BCUT2D eigenvalue weighted by atomic mass is 32.2. The minimum Gasteiger partial charge on any atom is -0.506 e. The molecule has 3 N–H and O–H groups in total. The maximum Gasteiger partial charge on any atom is 0.339 e. The van der Waals surface area contributed by atoms with Crippen molar-refractivity contribution in [2.75, 3.05) is 6.61 Å². The molecule has 0 saturated heterocycles. The molecule has 0 aliphatic carbocycles. The zero-order valence-electron chi connectivity index (χ0n) is 18.2. The Bertz CT molecular complexity index is 1200. The molecule has 1 aliphatic heterocycles. The van der Waals surface area contributed by atoms with Gasteiger partial charge in [0.15, 0.2) is 0 Å². The maximum absolute atomic E-state index is 11.4. The minimum atomic E-state index is -1.14. The van der Waals surface area contributed by atoms with E-state index in [9.17, 15) is 15.0 Å². The van der Waals surface area contributed by atoms with Crippen LogP contribution in [0, 0.1) is 13.8 Å². The Morgan fingerprint density at radius 3 is 2.47 bits per heavy atom. The average molecular weight is 448 g/mol. The lowest BCUT2D eigenvalue weighted by atomic mass is 9.97. The molecule has 0 saturated carbocycles. The lowest BCUT2D eigenvalue weighted by molar-refractivity contribution is 0.0693. The number of carboxylic acid groups (broad SMARTS) is 1. The van der Waals surface area contributed by atoms with E-state index < -0.39 is 5.97 Å². The highest BCUT2D eigenvalue weighted by Gasteiger charge is 2.21. The van der Waals surface area contributed by atoms with Gasteiger partial charge in [-0.05, 0) is 72.2 Å². The Morgan fingerprint density at radius 2 is 1.78 bits per heavy atom. The number of phenols is 1. The van der Waals surface area contributed by atoms with Gasteiger partial charge in [-0.25, -0.2) is 4.79 Å². The van der Waals surface area contributed by atoms with Crippen LogP contribution in [0.15, 0.2) is 60.0 Å². The third kappa shape index (κ3) is 4.32. The van der Waals surface area contributed by atoms with Crippen LogP contribution in [0.3, 0.4) is 0 Å². The van der Waals surface area contributed by atoms with Crippen LogP contribution >= 0.6 is 11.8 Å². The number of benzene rings is 3. The number of thioether (sulfide) groups is 1. The molecule has 4 rings (SSSR count). The van der Waals surface area contributed by atoms with Gasteiger partial charge in [-0.1, -0.05) is 36.4 Å². The summed E-state index contributed by atoms with van der Waals surface area (Å²) in [7, 11) is 0. The molecule has 1 atom stereocenters. The van der Waals surface area contributed by atoms with Crippen molar-refractivity contribution < 1.29 is 19.7 Å². The van der Waals surface area contributed by atoms with Gasteiger partial charge in [0.2, 0.25) is 0 Å². The fourth-order valence-corrected chi connectivity index (χ4v) is 4.72. The highest BCUT2D eigenvalue weighted by molar-refractivity contribution is 8.02. The number of ether oxygens (including phenoxy) is 1.